The van der Waals surface area contributed by atoms with Crippen LogP contribution in [-0.2, 0) is 4.79 Å². The molecule has 0 saturated carbocycles. The fraction of sp³-hybridized carbons (Fsp3) is 0.478. The predicted octanol–water partition coefficient (Wildman–Crippen LogP) is 3.83. The van der Waals surface area contributed by atoms with Crippen molar-refractivity contribution in [1.29, 1.82) is 0 Å². The van der Waals surface area contributed by atoms with Crippen LogP contribution in [0, 0.1) is 0 Å². The van der Waals surface area contributed by atoms with Crippen molar-refractivity contribution in [2.24, 2.45) is 0 Å². The number of imidazole rings is 1. The van der Waals surface area contributed by atoms with Crippen molar-refractivity contribution >= 4 is 23.0 Å². The largest absolute Gasteiger partial charge is 0.494 e. The highest BCUT2D eigenvalue weighted by molar-refractivity contribution is 5.88. The Morgan fingerprint density at radius 2 is 2.00 bits per heavy atom. The highest BCUT2D eigenvalue weighted by Gasteiger charge is 2.18. The van der Waals surface area contributed by atoms with Gasteiger partial charge in [0.1, 0.15) is 17.0 Å². The third-order valence-electron chi connectivity index (χ3n) is 5.22. The zero-order valence-electron chi connectivity index (χ0n) is 19.1. The molecule has 0 radical (unpaired) electrons. The van der Waals surface area contributed by atoms with Crippen LogP contribution in [0.15, 0.2) is 30.6 Å². The molecule has 3 aromatic rings. The second-order valence-corrected chi connectivity index (χ2v) is 7.62. The van der Waals surface area contributed by atoms with Crippen LogP contribution in [0.1, 0.15) is 46.6 Å². The molecule has 0 fully saturated rings. The van der Waals surface area contributed by atoms with Gasteiger partial charge in [-0.25, -0.2) is 9.97 Å². The molecule has 0 bridgehead atoms. The van der Waals surface area contributed by atoms with E-state index in [0.29, 0.717) is 25.4 Å². The van der Waals surface area contributed by atoms with Crippen molar-refractivity contribution in [3.05, 3.63) is 30.6 Å². The molecule has 1 N–H and O–H groups in total. The van der Waals surface area contributed by atoms with Crippen LogP contribution < -0.4 is 15.0 Å². The number of anilines is 1. The molecule has 0 spiro atoms. The summed E-state index contributed by atoms with van der Waals surface area (Å²) in [7, 11) is 1.64. The van der Waals surface area contributed by atoms with Gasteiger partial charge in [0.2, 0.25) is 11.9 Å². The number of aromatic nitrogens is 4. The van der Waals surface area contributed by atoms with E-state index in [2.05, 4.69) is 47.5 Å². The van der Waals surface area contributed by atoms with E-state index in [1.807, 2.05) is 30.6 Å². The molecule has 2 aromatic heterocycles. The topological polar surface area (TPSA) is 85.2 Å². The van der Waals surface area contributed by atoms with Crippen LogP contribution in [0.3, 0.4) is 0 Å². The summed E-state index contributed by atoms with van der Waals surface area (Å²) in [6.07, 6.45) is 2.94. The summed E-state index contributed by atoms with van der Waals surface area (Å²) >= 11 is 0. The molecular formula is C23H32N6O2. The lowest BCUT2D eigenvalue weighted by molar-refractivity contribution is -0.120. The summed E-state index contributed by atoms with van der Waals surface area (Å²) in [6.45, 7) is 10.6. The van der Waals surface area contributed by atoms with Gasteiger partial charge < -0.3 is 19.5 Å². The molecule has 2 heterocycles. The third-order valence-corrected chi connectivity index (χ3v) is 5.22. The van der Waals surface area contributed by atoms with Gasteiger partial charge >= 0.3 is 0 Å². The number of benzene rings is 1. The Morgan fingerprint density at radius 1 is 1.23 bits per heavy atom. The minimum absolute atomic E-state index is 0.0189. The second-order valence-electron chi connectivity index (χ2n) is 7.62. The van der Waals surface area contributed by atoms with Crippen molar-refractivity contribution in [3.63, 3.8) is 0 Å². The molecule has 8 nitrogen and oxygen atoms in total. The minimum Gasteiger partial charge on any atom is -0.494 e. The van der Waals surface area contributed by atoms with Gasteiger partial charge in [-0.2, -0.15) is 4.98 Å². The fourth-order valence-electron chi connectivity index (χ4n) is 3.41. The summed E-state index contributed by atoms with van der Waals surface area (Å²) in [6, 6.07) is 8.10. The van der Waals surface area contributed by atoms with E-state index >= 15 is 0 Å². The van der Waals surface area contributed by atoms with Crippen LogP contribution in [0.4, 0.5) is 5.95 Å². The molecule has 1 amide bonds. The van der Waals surface area contributed by atoms with Gasteiger partial charge in [0.15, 0.2) is 5.65 Å². The maximum atomic E-state index is 11.4. The number of hydrogen-bond donors (Lipinski definition) is 1. The zero-order chi connectivity index (χ0) is 22.4. The Morgan fingerprint density at radius 3 is 2.68 bits per heavy atom. The first-order chi connectivity index (χ1) is 15.0. The number of carbonyl (C=O) groups is 1. The smallest absolute Gasteiger partial charge is 0.228 e. The van der Waals surface area contributed by atoms with E-state index in [4.69, 9.17) is 14.7 Å². The zero-order valence-corrected chi connectivity index (χ0v) is 19.1. The minimum atomic E-state index is 0.0189. The highest BCUT2D eigenvalue weighted by atomic mass is 16.5. The van der Waals surface area contributed by atoms with Gasteiger partial charge in [0.05, 0.1) is 12.9 Å². The van der Waals surface area contributed by atoms with Crippen molar-refractivity contribution in [3.8, 4) is 17.0 Å². The van der Waals surface area contributed by atoms with Gasteiger partial charge in [-0.15, -0.1) is 0 Å². The van der Waals surface area contributed by atoms with E-state index in [-0.39, 0.29) is 11.9 Å². The second kappa shape index (κ2) is 10.2. The lowest BCUT2D eigenvalue weighted by atomic mass is 10.1. The first-order valence-electron chi connectivity index (χ1n) is 10.9. The molecule has 0 saturated heterocycles. The van der Waals surface area contributed by atoms with Gasteiger partial charge in [0.25, 0.3) is 0 Å². The lowest BCUT2D eigenvalue weighted by Crippen LogP contribution is -2.24. The van der Waals surface area contributed by atoms with E-state index in [1.54, 1.807) is 7.05 Å². The molecule has 166 valence electrons. The number of amides is 1. The predicted molar refractivity (Wildman–Crippen MR) is 124 cm³/mol. The summed E-state index contributed by atoms with van der Waals surface area (Å²) in [5.74, 6) is 1.46. The molecule has 31 heavy (non-hydrogen) atoms. The van der Waals surface area contributed by atoms with E-state index < -0.39 is 0 Å². The Balaban J connectivity index is 1.96. The molecule has 1 aromatic carbocycles. The van der Waals surface area contributed by atoms with Crippen LogP contribution in [0.2, 0.25) is 0 Å². The summed E-state index contributed by atoms with van der Waals surface area (Å²) < 4.78 is 7.96. The van der Waals surface area contributed by atoms with Crippen LogP contribution in [0.5, 0.6) is 5.75 Å². The quantitative estimate of drug-likeness (QED) is 0.498. The first kappa shape index (κ1) is 22.5. The van der Waals surface area contributed by atoms with Gasteiger partial charge in [0, 0.05) is 38.2 Å². The monoisotopic (exact) mass is 424 g/mol. The van der Waals surface area contributed by atoms with Crippen LogP contribution >= 0.6 is 0 Å². The average Bonchev–Trinajstić information content (AvgIpc) is 3.21. The molecule has 0 atom stereocenters. The highest BCUT2D eigenvalue weighted by Crippen LogP contribution is 2.30. The summed E-state index contributed by atoms with van der Waals surface area (Å²) in [4.78, 5) is 27.9. The average molecular weight is 425 g/mol. The van der Waals surface area contributed by atoms with Crippen molar-refractivity contribution in [2.45, 2.75) is 46.6 Å². The van der Waals surface area contributed by atoms with Gasteiger partial charge in [-0.3, -0.25) is 4.79 Å². The van der Waals surface area contributed by atoms with E-state index in [9.17, 15) is 4.79 Å². The third kappa shape index (κ3) is 5.13. The number of hydrogen-bond acceptors (Lipinski definition) is 6. The first-order valence-corrected chi connectivity index (χ1v) is 10.9. The number of nitrogens with one attached hydrogen (secondary N) is 1. The van der Waals surface area contributed by atoms with Crippen LogP contribution in [-0.4, -0.2) is 52.2 Å². The number of ether oxygens (including phenoxy) is 1. The molecular weight excluding hydrogens is 392 g/mol. The lowest BCUT2D eigenvalue weighted by Gasteiger charge is -2.20. The maximum absolute atomic E-state index is 11.4. The number of rotatable bonds is 10. The van der Waals surface area contributed by atoms with Gasteiger partial charge in [-0.1, -0.05) is 12.1 Å². The summed E-state index contributed by atoms with van der Waals surface area (Å²) in [5, 5.41) is 2.62. The number of fused-ring (bicyclic) bond motifs is 1. The van der Waals surface area contributed by atoms with E-state index in [0.717, 1.165) is 41.3 Å². The molecule has 3 rings (SSSR count). The Hall–Kier alpha value is -3.16. The van der Waals surface area contributed by atoms with Crippen LogP contribution in [0.25, 0.3) is 22.4 Å². The SMILES string of the molecule is CCN(CC)c1nc(-c2cccc(OCCCC(=O)NC)c2)c2ncn(C(C)C)c2n1. The Labute approximate surface area is 183 Å². The van der Waals surface area contributed by atoms with Crippen molar-refractivity contribution in [2.75, 3.05) is 31.6 Å². The van der Waals surface area contributed by atoms with Crippen molar-refractivity contribution < 1.29 is 9.53 Å². The maximum Gasteiger partial charge on any atom is 0.228 e. The molecule has 0 unspecified atom stereocenters. The van der Waals surface area contributed by atoms with E-state index in [1.165, 1.54) is 0 Å². The standard InChI is InChI=1S/C23H32N6O2/c1-6-28(7-2)23-26-20(21-22(27-23)29(15-25-21)16(3)4)17-10-8-11-18(14-17)31-13-9-12-19(30)24-5/h8,10-11,14-16H,6-7,9,12-13H2,1-5H3,(H,24,30). The molecule has 0 aliphatic rings. The van der Waals surface area contributed by atoms with Gasteiger partial charge in [-0.05, 0) is 46.2 Å². The number of carbonyl (C=O) groups excluding carboxylic acids is 1. The summed E-state index contributed by atoms with van der Waals surface area (Å²) in [5.41, 5.74) is 3.33. The molecule has 0 aliphatic carbocycles. The Bertz CT molecular complexity index is 1030. The number of nitrogens with zero attached hydrogens (tertiary/aromatic N) is 5. The molecule has 0 aliphatic heterocycles. The molecule has 8 heteroatoms. The Kier molecular flexibility index (Phi) is 7.44. The normalized spacial score (nSPS) is 11.2. The van der Waals surface area contributed by atoms with Crippen molar-refractivity contribution in [1.82, 2.24) is 24.8 Å². The fourth-order valence-corrected chi connectivity index (χ4v) is 3.41.